The van der Waals surface area contributed by atoms with Gasteiger partial charge in [0.1, 0.15) is 0 Å². The fourth-order valence-electron chi connectivity index (χ4n) is 2.90. The average Bonchev–Trinajstić information content (AvgIpc) is 2.47. The Labute approximate surface area is 120 Å². The van der Waals surface area contributed by atoms with Crippen LogP contribution in [0.2, 0.25) is 0 Å². The lowest BCUT2D eigenvalue weighted by Crippen LogP contribution is -2.46. The predicted molar refractivity (Wildman–Crippen MR) is 81.0 cm³/mol. The summed E-state index contributed by atoms with van der Waals surface area (Å²) in [6.07, 6.45) is 3.40. The zero-order valence-electron chi connectivity index (χ0n) is 12.3. The Bertz CT molecular complexity index is 462. The summed E-state index contributed by atoms with van der Waals surface area (Å²) in [5.74, 6) is -0.0208. The summed E-state index contributed by atoms with van der Waals surface area (Å²) < 4.78 is 0. The van der Waals surface area contributed by atoms with Crippen LogP contribution in [-0.4, -0.2) is 41.7 Å². The van der Waals surface area contributed by atoms with Crippen LogP contribution in [0.25, 0.3) is 0 Å². The van der Waals surface area contributed by atoms with Crippen LogP contribution >= 0.6 is 0 Å². The number of carbonyl (C=O) groups is 1. The second-order valence-corrected chi connectivity index (χ2v) is 5.41. The highest BCUT2D eigenvalue weighted by Gasteiger charge is 2.30. The van der Waals surface area contributed by atoms with Gasteiger partial charge in [-0.25, -0.2) is 0 Å². The van der Waals surface area contributed by atoms with Crippen molar-refractivity contribution < 1.29 is 9.90 Å². The first-order valence-electron chi connectivity index (χ1n) is 7.43. The number of rotatable bonds is 4. The fraction of sp³-hybridized carbons (Fsp3) is 0.562. The Balaban J connectivity index is 2.17. The van der Waals surface area contributed by atoms with Crippen molar-refractivity contribution in [2.45, 2.75) is 44.8 Å². The Morgan fingerprint density at radius 3 is 2.75 bits per heavy atom. The molecule has 0 heterocycles. The van der Waals surface area contributed by atoms with Crippen LogP contribution < -0.4 is 5.32 Å². The van der Waals surface area contributed by atoms with E-state index < -0.39 is 6.10 Å². The van der Waals surface area contributed by atoms with Crippen LogP contribution in [0.1, 0.15) is 43.0 Å². The van der Waals surface area contributed by atoms with Gasteiger partial charge < -0.3 is 15.3 Å². The third-order valence-electron chi connectivity index (χ3n) is 4.04. The zero-order valence-corrected chi connectivity index (χ0v) is 12.3. The maximum atomic E-state index is 12.7. The molecule has 2 unspecified atom stereocenters. The highest BCUT2D eigenvalue weighted by Crippen LogP contribution is 2.25. The van der Waals surface area contributed by atoms with Gasteiger partial charge in [0.05, 0.1) is 17.7 Å². The molecule has 2 atom stereocenters. The number of para-hydroxylation sites is 1. The lowest BCUT2D eigenvalue weighted by molar-refractivity contribution is 0.0268. The van der Waals surface area contributed by atoms with Crippen LogP contribution in [0, 0.1) is 0 Å². The molecule has 4 heteroatoms. The predicted octanol–water partition coefficient (Wildman–Crippen LogP) is 2.49. The van der Waals surface area contributed by atoms with Gasteiger partial charge in [0, 0.05) is 19.3 Å². The summed E-state index contributed by atoms with van der Waals surface area (Å²) in [5.41, 5.74) is 1.53. The lowest BCUT2D eigenvalue weighted by atomic mass is 9.91. The van der Waals surface area contributed by atoms with E-state index in [1.54, 1.807) is 11.9 Å². The molecule has 0 spiro atoms. The number of aliphatic hydroxyl groups is 1. The Morgan fingerprint density at radius 2 is 2.05 bits per heavy atom. The van der Waals surface area contributed by atoms with Crippen molar-refractivity contribution in [2.75, 3.05) is 18.9 Å². The van der Waals surface area contributed by atoms with Crippen molar-refractivity contribution in [2.24, 2.45) is 0 Å². The van der Waals surface area contributed by atoms with Gasteiger partial charge in [0.25, 0.3) is 5.91 Å². The Morgan fingerprint density at radius 1 is 1.35 bits per heavy atom. The maximum absolute atomic E-state index is 12.7. The smallest absolute Gasteiger partial charge is 0.256 e. The number of hydrogen-bond donors (Lipinski definition) is 2. The largest absolute Gasteiger partial charge is 0.391 e. The van der Waals surface area contributed by atoms with Crippen LogP contribution in [0.5, 0.6) is 0 Å². The van der Waals surface area contributed by atoms with Crippen molar-refractivity contribution in [3.05, 3.63) is 29.8 Å². The number of nitrogens with zero attached hydrogens (tertiary/aromatic N) is 1. The van der Waals surface area contributed by atoms with Crippen LogP contribution in [-0.2, 0) is 0 Å². The molecule has 20 heavy (non-hydrogen) atoms. The van der Waals surface area contributed by atoms with E-state index in [0.29, 0.717) is 5.56 Å². The number of anilines is 1. The standard InChI is InChI=1S/C16H24N2O2/c1-3-17-13-9-5-4-8-12(13)16(20)18(2)14-10-6-7-11-15(14)19/h4-5,8-9,14-15,17,19H,3,6-7,10-11H2,1-2H3. The summed E-state index contributed by atoms with van der Waals surface area (Å²) in [5, 5.41) is 13.3. The monoisotopic (exact) mass is 276 g/mol. The first-order chi connectivity index (χ1) is 9.65. The first-order valence-corrected chi connectivity index (χ1v) is 7.43. The second kappa shape index (κ2) is 6.75. The normalized spacial score (nSPS) is 22.4. The molecule has 1 aromatic carbocycles. The Kier molecular flexibility index (Phi) is 5.01. The summed E-state index contributed by atoms with van der Waals surface area (Å²) in [7, 11) is 1.80. The molecule has 1 saturated carbocycles. The maximum Gasteiger partial charge on any atom is 0.256 e. The molecular weight excluding hydrogens is 252 g/mol. The topological polar surface area (TPSA) is 52.6 Å². The molecule has 0 aromatic heterocycles. The zero-order chi connectivity index (χ0) is 14.5. The van der Waals surface area contributed by atoms with Gasteiger partial charge in [0.15, 0.2) is 0 Å². The molecule has 2 N–H and O–H groups in total. The molecular formula is C16H24N2O2. The number of aliphatic hydroxyl groups excluding tert-OH is 1. The number of benzene rings is 1. The summed E-state index contributed by atoms with van der Waals surface area (Å²) in [4.78, 5) is 14.4. The van der Waals surface area contributed by atoms with Gasteiger partial charge in [-0.1, -0.05) is 25.0 Å². The minimum Gasteiger partial charge on any atom is -0.391 e. The number of likely N-dealkylation sites (N-methyl/N-ethyl adjacent to an activating group) is 1. The molecule has 4 nitrogen and oxygen atoms in total. The first kappa shape index (κ1) is 14.9. The summed E-state index contributed by atoms with van der Waals surface area (Å²) in [6.45, 7) is 2.79. The molecule has 0 aliphatic heterocycles. The van der Waals surface area contributed by atoms with Crippen LogP contribution in [0.15, 0.2) is 24.3 Å². The van der Waals surface area contributed by atoms with Gasteiger partial charge in [-0.15, -0.1) is 0 Å². The van der Waals surface area contributed by atoms with E-state index in [-0.39, 0.29) is 11.9 Å². The van der Waals surface area contributed by atoms with Gasteiger partial charge >= 0.3 is 0 Å². The number of nitrogens with one attached hydrogen (secondary N) is 1. The van der Waals surface area contributed by atoms with E-state index >= 15 is 0 Å². The number of hydrogen-bond acceptors (Lipinski definition) is 3. The van der Waals surface area contributed by atoms with Crippen molar-refractivity contribution in [3.63, 3.8) is 0 Å². The van der Waals surface area contributed by atoms with Gasteiger partial charge in [-0.05, 0) is 31.9 Å². The molecule has 1 aliphatic carbocycles. The summed E-state index contributed by atoms with van der Waals surface area (Å²) in [6, 6.07) is 7.49. The van der Waals surface area contributed by atoms with Crippen molar-refractivity contribution in [3.8, 4) is 0 Å². The molecule has 1 amide bonds. The van der Waals surface area contributed by atoms with E-state index in [1.165, 1.54) is 0 Å². The molecule has 1 aliphatic rings. The van der Waals surface area contributed by atoms with Crippen LogP contribution in [0.3, 0.4) is 0 Å². The van der Waals surface area contributed by atoms with Gasteiger partial charge in [-0.2, -0.15) is 0 Å². The highest BCUT2D eigenvalue weighted by atomic mass is 16.3. The average molecular weight is 276 g/mol. The molecule has 0 bridgehead atoms. The molecule has 1 fully saturated rings. The van der Waals surface area contributed by atoms with Crippen molar-refractivity contribution in [1.29, 1.82) is 0 Å². The summed E-state index contributed by atoms with van der Waals surface area (Å²) >= 11 is 0. The lowest BCUT2D eigenvalue weighted by Gasteiger charge is -2.35. The highest BCUT2D eigenvalue weighted by molar-refractivity contribution is 5.99. The third kappa shape index (κ3) is 3.12. The van der Waals surface area contributed by atoms with Gasteiger partial charge in [-0.3, -0.25) is 4.79 Å². The second-order valence-electron chi connectivity index (χ2n) is 5.41. The molecule has 1 aromatic rings. The van der Waals surface area contributed by atoms with Crippen molar-refractivity contribution in [1.82, 2.24) is 4.90 Å². The van der Waals surface area contributed by atoms with E-state index in [9.17, 15) is 9.90 Å². The van der Waals surface area contributed by atoms with E-state index in [2.05, 4.69) is 5.32 Å². The minimum absolute atomic E-state index is 0.0208. The molecule has 2 rings (SSSR count). The van der Waals surface area contributed by atoms with Crippen molar-refractivity contribution >= 4 is 11.6 Å². The van der Waals surface area contributed by atoms with E-state index in [4.69, 9.17) is 0 Å². The molecule has 0 saturated heterocycles. The van der Waals surface area contributed by atoms with E-state index in [0.717, 1.165) is 37.9 Å². The number of amides is 1. The quantitative estimate of drug-likeness (QED) is 0.888. The minimum atomic E-state index is -0.399. The molecule has 110 valence electrons. The fourth-order valence-corrected chi connectivity index (χ4v) is 2.90. The number of carbonyl (C=O) groups excluding carboxylic acids is 1. The van der Waals surface area contributed by atoms with E-state index in [1.807, 2.05) is 31.2 Å². The van der Waals surface area contributed by atoms with Gasteiger partial charge in [0.2, 0.25) is 0 Å². The SMILES string of the molecule is CCNc1ccccc1C(=O)N(C)C1CCCCC1O. The third-order valence-corrected chi connectivity index (χ3v) is 4.04. The Hall–Kier alpha value is -1.55. The molecule has 0 radical (unpaired) electrons. The van der Waals surface area contributed by atoms with Crippen LogP contribution in [0.4, 0.5) is 5.69 Å².